The lowest BCUT2D eigenvalue weighted by molar-refractivity contribution is -0.136. The van der Waals surface area contributed by atoms with Gasteiger partial charge in [0.1, 0.15) is 0 Å². The molecule has 0 atom stereocenters. The van der Waals surface area contributed by atoms with E-state index in [9.17, 15) is 4.79 Å². The number of benzene rings is 1. The number of hydrogen-bond acceptors (Lipinski definition) is 3. The van der Waals surface area contributed by atoms with Gasteiger partial charge in [-0.15, -0.1) is 0 Å². The third-order valence-electron chi connectivity index (χ3n) is 2.68. The van der Waals surface area contributed by atoms with E-state index in [1.807, 2.05) is 6.92 Å². The fourth-order valence-corrected chi connectivity index (χ4v) is 2.48. The quantitative estimate of drug-likeness (QED) is 0.912. The van der Waals surface area contributed by atoms with E-state index in [-0.39, 0.29) is 6.42 Å². The zero-order chi connectivity index (χ0) is 12.4. The Morgan fingerprint density at radius 1 is 1.47 bits per heavy atom. The summed E-state index contributed by atoms with van der Waals surface area (Å²) in [6.45, 7) is 3.08. The summed E-state index contributed by atoms with van der Waals surface area (Å²) in [7, 11) is 0. The van der Waals surface area contributed by atoms with Crippen molar-refractivity contribution in [2.75, 3.05) is 13.2 Å². The maximum absolute atomic E-state index is 10.8. The molecule has 2 rings (SSSR count). The predicted molar refractivity (Wildman–Crippen MR) is 65.8 cm³/mol. The van der Waals surface area contributed by atoms with Crippen molar-refractivity contribution in [2.45, 2.75) is 19.8 Å². The van der Waals surface area contributed by atoms with Crippen LogP contribution < -0.4 is 9.47 Å². The standard InChI is InChI=1S/C12H13BrO4/c1-7-8(5-11(14)15)9(13)6-10-12(7)17-4-2-3-16-10/h6H,2-5H2,1H3,(H,14,15). The molecule has 0 saturated carbocycles. The molecule has 0 saturated heterocycles. The maximum Gasteiger partial charge on any atom is 0.307 e. The van der Waals surface area contributed by atoms with Crippen molar-refractivity contribution in [3.05, 3.63) is 21.7 Å². The number of halogens is 1. The second-order valence-electron chi connectivity index (χ2n) is 3.91. The Hall–Kier alpha value is -1.23. The van der Waals surface area contributed by atoms with Gasteiger partial charge in [-0.3, -0.25) is 4.79 Å². The minimum absolute atomic E-state index is 0.0247. The van der Waals surface area contributed by atoms with E-state index in [2.05, 4.69) is 15.9 Å². The van der Waals surface area contributed by atoms with E-state index in [1.165, 1.54) is 0 Å². The van der Waals surface area contributed by atoms with E-state index in [1.54, 1.807) is 6.07 Å². The van der Waals surface area contributed by atoms with Gasteiger partial charge in [0.2, 0.25) is 0 Å². The van der Waals surface area contributed by atoms with Crippen LogP contribution in [-0.2, 0) is 11.2 Å². The molecule has 1 heterocycles. The third-order valence-corrected chi connectivity index (χ3v) is 3.39. The minimum atomic E-state index is -0.858. The molecule has 0 spiro atoms. The molecule has 0 aromatic heterocycles. The van der Waals surface area contributed by atoms with Crippen LogP contribution in [-0.4, -0.2) is 24.3 Å². The second kappa shape index (κ2) is 4.96. The van der Waals surface area contributed by atoms with Crippen molar-refractivity contribution in [3.8, 4) is 11.5 Å². The predicted octanol–water partition coefficient (Wildman–Crippen LogP) is 2.55. The highest BCUT2D eigenvalue weighted by Gasteiger charge is 2.19. The highest BCUT2D eigenvalue weighted by molar-refractivity contribution is 9.10. The molecule has 17 heavy (non-hydrogen) atoms. The minimum Gasteiger partial charge on any atom is -0.490 e. The molecular formula is C12H13BrO4. The fraction of sp³-hybridized carbons (Fsp3) is 0.417. The first-order valence-corrected chi connectivity index (χ1v) is 6.18. The molecule has 0 amide bonds. The van der Waals surface area contributed by atoms with Gasteiger partial charge in [-0.05, 0) is 24.1 Å². The molecule has 1 aliphatic heterocycles. The molecule has 1 N–H and O–H groups in total. The Balaban J connectivity index is 2.48. The number of carboxylic acids is 1. The van der Waals surface area contributed by atoms with E-state index in [0.29, 0.717) is 24.7 Å². The zero-order valence-corrected chi connectivity index (χ0v) is 11.0. The van der Waals surface area contributed by atoms with Crippen LogP contribution >= 0.6 is 15.9 Å². The van der Waals surface area contributed by atoms with Gasteiger partial charge in [-0.25, -0.2) is 0 Å². The molecule has 0 radical (unpaired) electrons. The first-order valence-electron chi connectivity index (χ1n) is 5.39. The van der Waals surface area contributed by atoms with Crippen LogP contribution in [0, 0.1) is 6.92 Å². The van der Waals surface area contributed by atoms with Crippen LogP contribution in [0.15, 0.2) is 10.5 Å². The topological polar surface area (TPSA) is 55.8 Å². The SMILES string of the molecule is Cc1c(CC(=O)O)c(Br)cc2c1OCCCO2. The first kappa shape index (κ1) is 12.2. The molecule has 5 heteroatoms. The lowest BCUT2D eigenvalue weighted by Gasteiger charge is -2.15. The van der Waals surface area contributed by atoms with Crippen LogP contribution in [0.3, 0.4) is 0 Å². The summed E-state index contributed by atoms with van der Waals surface area (Å²) in [6, 6.07) is 1.78. The third kappa shape index (κ3) is 2.54. The summed E-state index contributed by atoms with van der Waals surface area (Å²) in [5.41, 5.74) is 1.57. The average Bonchev–Trinajstić information content (AvgIpc) is 2.49. The highest BCUT2D eigenvalue weighted by atomic mass is 79.9. The maximum atomic E-state index is 10.8. The van der Waals surface area contributed by atoms with Crippen molar-refractivity contribution in [1.82, 2.24) is 0 Å². The first-order chi connectivity index (χ1) is 8.09. The molecule has 0 unspecified atom stereocenters. The molecule has 1 aromatic rings. The van der Waals surface area contributed by atoms with Crippen LogP contribution in [0.4, 0.5) is 0 Å². The Kier molecular flexibility index (Phi) is 3.57. The fourth-order valence-electron chi connectivity index (χ4n) is 1.84. The molecule has 0 fully saturated rings. The van der Waals surface area contributed by atoms with Gasteiger partial charge in [0.15, 0.2) is 11.5 Å². The van der Waals surface area contributed by atoms with Gasteiger partial charge >= 0.3 is 5.97 Å². The van der Waals surface area contributed by atoms with Gasteiger partial charge in [0.05, 0.1) is 19.6 Å². The van der Waals surface area contributed by atoms with Crippen molar-refractivity contribution in [1.29, 1.82) is 0 Å². The Morgan fingerprint density at radius 2 is 2.18 bits per heavy atom. The summed E-state index contributed by atoms with van der Waals surface area (Å²) in [4.78, 5) is 10.8. The van der Waals surface area contributed by atoms with Crippen molar-refractivity contribution < 1.29 is 19.4 Å². The Morgan fingerprint density at radius 3 is 2.88 bits per heavy atom. The van der Waals surface area contributed by atoms with E-state index < -0.39 is 5.97 Å². The molecule has 0 bridgehead atoms. The number of rotatable bonds is 2. The summed E-state index contributed by atoms with van der Waals surface area (Å²) in [5.74, 6) is 0.492. The number of carboxylic acid groups (broad SMARTS) is 1. The molecular weight excluding hydrogens is 288 g/mol. The zero-order valence-electron chi connectivity index (χ0n) is 9.46. The van der Waals surface area contributed by atoms with Crippen molar-refractivity contribution >= 4 is 21.9 Å². The molecule has 4 nitrogen and oxygen atoms in total. The van der Waals surface area contributed by atoms with Crippen LogP contribution in [0.5, 0.6) is 11.5 Å². The van der Waals surface area contributed by atoms with Crippen molar-refractivity contribution in [3.63, 3.8) is 0 Å². The number of aliphatic carboxylic acids is 1. The molecule has 1 aliphatic rings. The van der Waals surface area contributed by atoms with Crippen LogP contribution in [0.1, 0.15) is 17.5 Å². The van der Waals surface area contributed by atoms with Crippen molar-refractivity contribution in [2.24, 2.45) is 0 Å². The van der Waals surface area contributed by atoms with E-state index >= 15 is 0 Å². The number of ether oxygens (including phenoxy) is 2. The summed E-state index contributed by atoms with van der Waals surface area (Å²) in [6.07, 6.45) is 0.809. The van der Waals surface area contributed by atoms with E-state index in [4.69, 9.17) is 14.6 Å². The number of carbonyl (C=O) groups is 1. The number of hydrogen-bond donors (Lipinski definition) is 1. The van der Waals surface area contributed by atoms with Crippen LogP contribution in [0.2, 0.25) is 0 Å². The number of fused-ring (bicyclic) bond motifs is 1. The van der Waals surface area contributed by atoms with Crippen LogP contribution in [0.25, 0.3) is 0 Å². The largest absolute Gasteiger partial charge is 0.490 e. The second-order valence-corrected chi connectivity index (χ2v) is 4.76. The average molecular weight is 301 g/mol. The summed E-state index contributed by atoms with van der Waals surface area (Å²) >= 11 is 3.38. The Bertz CT molecular complexity index is 456. The molecule has 0 aliphatic carbocycles. The van der Waals surface area contributed by atoms with Gasteiger partial charge < -0.3 is 14.6 Å². The smallest absolute Gasteiger partial charge is 0.307 e. The Labute approximate surface area is 108 Å². The highest BCUT2D eigenvalue weighted by Crippen LogP contribution is 2.39. The van der Waals surface area contributed by atoms with E-state index in [0.717, 1.165) is 22.0 Å². The summed E-state index contributed by atoms with van der Waals surface area (Å²) in [5, 5.41) is 8.88. The molecule has 92 valence electrons. The van der Waals surface area contributed by atoms with Gasteiger partial charge in [-0.2, -0.15) is 0 Å². The normalized spacial score (nSPS) is 14.2. The van der Waals surface area contributed by atoms with Gasteiger partial charge in [0.25, 0.3) is 0 Å². The molecule has 1 aromatic carbocycles. The van der Waals surface area contributed by atoms with Gasteiger partial charge in [0, 0.05) is 10.9 Å². The lowest BCUT2D eigenvalue weighted by Crippen LogP contribution is -2.05. The lowest BCUT2D eigenvalue weighted by atomic mass is 10.0. The summed E-state index contributed by atoms with van der Waals surface area (Å²) < 4.78 is 11.9. The monoisotopic (exact) mass is 300 g/mol. The van der Waals surface area contributed by atoms with Gasteiger partial charge in [-0.1, -0.05) is 15.9 Å².